The van der Waals surface area contributed by atoms with Crippen molar-refractivity contribution in [3.05, 3.63) is 110 Å². The summed E-state index contributed by atoms with van der Waals surface area (Å²) in [6.07, 6.45) is 9.31. The van der Waals surface area contributed by atoms with Gasteiger partial charge >= 0.3 is 0 Å². The van der Waals surface area contributed by atoms with E-state index in [0.29, 0.717) is 4.34 Å². The first-order valence-corrected chi connectivity index (χ1v) is 12.2. The molecule has 0 fully saturated rings. The highest BCUT2D eigenvalue weighted by atomic mass is 35.5. The van der Waals surface area contributed by atoms with Crippen LogP contribution in [-0.4, -0.2) is 21.2 Å². The van der Waals surface area contributed by atoms with Gasteiger partial charge in [-0.3, -0.25) is 4.79 Å². The molecule has 0 aliphatic rings. The van der Waals surface area contributed by atoms with Gasteiger partial charge in [-0.2, -0.15) is 0 Å². The smallest absolute Gasteiger partial charge is 0.251 e. The third kappa shape index (κ3) is 3.69. The number of nitrogens with zero attached hydrogens (tertiary/aromatic N) is 3. The van der Waals surface area contributed by atoms with Crippen LogP contribution in [0.5, 0.6) is 0 Å². The van der Waals surface area contributed by atoms with Gasteiger partial charge in [0.05, 0.1) is 28.1 Å². The molecule has 1 N–H and O–H groups in total. The lowest BCUT2D eigenvalue weighted by atomic mass is 9.83. The van der Waals surface area contributed by atoms with Crippen LogP contribution < -0.4 is 10.9 Å². The van der Waals surface area contributed by atoms with Crippen LogP contribution in [0.3, 0.4) is 0 Å². The summed E-state index contributed by atoms with van der Waals surface area (Å²) in [7, 11) is 5.70. The van der Waals surface area contributed by atoms with E-state index in [1.807, 2.05) is 67.3 Å². The number of hydrogen-bond acceptors (Lipinski definition) is 4. The van der Waals surface area contributed by atoms with E-state index in [2.05, 4.69) is 28.4 Å². The second-order valence-corrected chi connectivity index (χ2v) is 10.1. The third-order valence-electron chi connectivity index (χ3n) is 6.54. The van der Waals surface area contributed by atoms with Crippen molar-refractivity contribution in [1.29, 1.82) is 0 Å². The lowest BCUT2D eigenvalue weighted by molar-refractivity contribution is 0.502. The van der Waals surface area contributed by atoms with Crippen molar-refractivity contribution in [2.45, 2.75) is 5.54 Å². The normalized spacial score (nSPS) is 13.0. The molecule has 0 saturated carbocycles. The molecule has 0 amide bonds. The lowest BCUT2D eigenvalue weighted by Crippen LogP contribution is -2.43. The number of nitrogens with one attached hydrogen (secondary N) is 1. The number of imidazole rings is 1. The van der Waals surface area contributed by atoms with E-state index in [1.54, 1.807) is 24.0 Å². The molecule has 0 aliphatic heterocycles. The van der Waals surface area contributed by atoms with Gasteiger partial charge in [-0.15, -0.1) is 17.8 Å². The standard InChI is InChI=1S/C28H23ClN4OS/c1-5-18-7-6-8-19(13-18)21-15-27(34)33(4)23-10-9-20(14-22(21)23)28(30-2,24-16-31-17-32(24)3)25-11-12-26(29)35-25/h1,6-17,30H,2-4H3. The number of hydrogen-bond donors (Lipinski definition) is 1. The van der Waals surface area contributed by atoms with Crippen molar-refractivity contribution < 1.29 is 0 Å². The molecule has 0 bridgehead atoms. The van der Waals surface area contributed by atoms with Gasteiger partial charge in [0.15, 0.2) is 0 Å². The van der Waals surface area contributed by atoms with Crippen LogP contribution >= 0.6 is 22.9 Å². The number of halogens is 1. The fourth-order valence-corrected chi connectivity index (χ4v) is 6.03. The van der Waals surface area contributed by atoms with Crippen molar-refractivity contribution in [2.75, 3.05) is 7.05 Å². The van der Waals surface area contributed by atoms with E-state index in [9.17, 15) is 4.79 Å². The first kappa shape index (κ1) is 23.1. The minimum absolute atomic E-state index is 0.0806. The molecule has 3 aromatic heterocycles. The number of rotatable bonds is 5. The molecule has 0 radical (unpaired) electrons. The SMILES string of the molecule is C#Cc1cccc(-c2cc(=O)n(C)c3ccc(C(NC)(c4ccc(Cl)s4)c4cncn4C)cc23)c1. The third-order valence-corrected chi connectivity index (χ3v) is 7.89. The maximum Gasteiger partial charge on any atom is 0.251 e. The summed E-state index contributed by atoms with van der Waals surface area (Å²) in [5.41, 5.74) is 4.52. The number of terminal acetylenes is 1. The van der Waals surface area contributed by atoms with E-state index < -0.39 is 5.54 Å². The summed E-state index contributed by atoms with van der Waals surface area (Å²) in [6.45, 7) is 0. The summed E-state index contributed by atoms with van der Waals surface area (Å²) < 4.78 is 4.38. The Balaban J connectivity index is 1.87. The average molecular weight is 499 g/mol. The molecule has 2 aromatic carbocycles. The largest absolute Gasteiger partial charge is 0.335 e. The van der Waals surface area contributed by atoms with Gasteiger partial charge in [-0.1, -0.05) is 35.7 Å². The van der Waals surface area contributed by atoms with Crippen LogP contribution in [0.1, 0.15) is 21.7 Å². The predicted octanol–water partition coefficient (Wildman–Crippen LogP) is 5.15. The van der Waals surface area contributed by atoms with Crippen molar-refractivity contribution in [2.24, 2.45) is 14.1 Å². The van der Waals surface area contributed by atoms with Gasteiger partial charge in [0.1, 0.15) is 5.54 Å². The maximum atomic E-state index is 12.9. The fraction of sp³-hybridized carbons (Fsp3) is 0.143. The Morgan fingerprint density at radius 1 is 1.11 bits per heavy atom. The Labute approximate surface area is 212 Å². The molecule has 5 rings (SSSR count). The minimum Gasteiger partial charge on any atom is -0.335 e. The fourth-order valence-electron chi connectivity index (χ4n) is 4.76. The summed E-state index contributed by atoms with van der Waals surface area (Å²) in [6, 6.07) is 19.5. The Bertz CT molecular complexity index is 1670. The quantitative estimate of drug-likeness (QED) is 0.341. The molecule has 0 spiro atoms. The van der Waals surface area contributed by atoms with Crippen molar-refractivity contribution in [3.8, 4) is 23.5 Å². The molecule has 3 heterocycles. The highest BCUT2D eigenvalue weighted by Crippen LogP contribution is 2.42. The van der Waals surface area contributed by atoms with Crippen LogP contribution in [0.15, 0.2) is 78.0 Å². The Hall–Kier alpha value is -3.63. The predicted molar refractivity (Wildman–Crippen MR) is 144 cm³/mol. The van der Waals surface area contributed by atoms with Crippen LogP contribution in [0.4, 0.5) is 0 Å². The first-order chi connectivity index (χ1) is 16.9. The van der Waals surface area contributed by atoms with Gasteiger partial charge in [-0.05, 0) is 60.1 Å². The Morgan fingerprint density at radius 2 is 1.94 bits per heavy atom. The molecule has 5 nitrogen and oxygen atoms in total. The molecule has 1 unspecified atom stereocenters. The van der Waals surface area contributed by atoms with Gasteiger partial charge < -0.3 is 14.5 Å². The zero-order chi connectivity index (χ0) is 24.7. The van der Waals surface area contributed by atoms with E-state index in [0.717, 1.165) is 43.7 Å². The van der Waals surface area contributed by atoms with E-state index in [1.165, 1.54) is 11.3 Å². The molecule has 0 saturated heterocycles. The molecule has 174 valence electrons. The molecular weight excluding hydrogens is 476 g/mol. The Kier molecular flexibility index (Phi) is 5.86. The summed E-state index contributed by atoms with van der Waals surface area (Å²) in [5.74, 6) is 2.69. The average Bonchev–Trinajstić information content (AvgIpc) is 3.51. The van der Waals surface area contributed by atoms with Gasteiger partial charge in [0.2, 0.25) is 0 Å². The van der Waals surface area contributed by atoms with Gasteiger partial charge in [0, 0.05) is 36.0 Å². The number of thiophene rings is 1. The molecule has 0 aliphatic carbocycles. The van der Waals surface area contributed by atoms with Crippen LogP contribution in [0.2, 0.25) is 4.34 Å². The number of benzene rings is 2. The molecule has 5 aromatic rings. The first-order valence-electron chi connectivity index (χ1n) is 11.0. The molecular formula is C28H23ClN4OS. The minimum atomic E-state index is -0.704. The topological polar surface area (TPSA) is 51.9 Å². The second-order valence-electron chi connectivity index (χ2n) is 8.41. The van der Waals surface area contributed by atoms with Crippen molar-refractivity contribution >= 4 is 33.8 Å². The number of fused-ring (bicyclic) bond motifs is 1. The molecule has 7 heteroatoms. The number of pyridine rings is 1. The summed E-state index contributed by atoms with van der Waals surface area (Å²) in [5, 5.41) is 4.52. The highest BCUT2D eigenvalue weighted by molar-refractivity contribution is 7.16. The van der Waals surface area contributed by atoms with Crippen LogP contribution in [0.25, 0.3) is 22.0 Å². The van der Waals surface area contributed by atoms with Crippen LogP contribution in [-0.2, 0) is 19.6 Å². The van der Waals surface area contributed by atoms with E-state index >= 15 is 0 Å². The van der Waals surface area contributed by atoms with Crippen molar-refractivity contribution in [1.82, 2.24) is 19.4 Å². The van der Waals surface area contributed by atoms with Gasteiger partial charge in [-0.25, -0.2) is 4.98 Å². The monoisotopic (exact) mass is 498 g/mol. The van der Waals surface area contributed by atoms with Gasteiger partial charge in [0.25, 0.3) is 5.56 Å². The maximum absolute atomic E-state index is 12.9. The highest BCUT2D eigenvalue weighted by Gasteiger charge is 2.39. The van der Waals surface area contributed by atoms with E-state index in [4.69, 9.17) is 18.0 Å². The van der Waals surface area contributed by atoms with Crippen molar-refractivity contribution in [3.63, 3.8) is 0 Å². The second kappa shape index (κ2) is 8.86. The summed E-state index contributed by atoms with van der Waals surface area (Å²) in [4.78, 5) is 18.3. The lowest BCUT2D eigenvalue weighted by Gasteiger charge is -2.34. The van der Waals surface area contributed by atoms with E-state index in [-0.39, 0.29) is 5.56 Å². The number of aryl methyl sites for hydroxylation is 2. The zero-order valence-corrected chi connectivity index (χ0v) is 21.1. The summed E-state index contributed by atoms with van der Waals surface area (Å²) >= 11 is 7.92. The Morgan fingerprint density at radius 3 is 2.60 bits per heavy atom. The molecule has 1 atom stereocenters. The zero-order valence-electron chi connectivity index (χ0n) is 19.5. The van der Waals surface area contributed by atoms with Crippen LogP contribution in [0, 0.1) is 12.3 Å². The molecule has 35 heavy (non-hydrogen) atoms. The number of aromatic nitrogens is 3.